The molecule has 2 aromatic rings. The number of carbonyl (C=O) groups excluding carboxylic acids is 2. The third kappa shape index (κ3) is 3.80. The zero-order valence-corrected chi connectivity index (χ0v) is 16.8. The molecule has 7 heteroatoms. The first-order valence-electron chi connectivity index (χ1n) is 9.29. The fraction of sp³-hybridized carbons (Fsp3) is 0.333. The van der Waals surface area contributed by atoms with E-state index in [1.165, 1.54) is 12.1 Å². The number of imide groups is 1. The molecule has 2 aromatic carbocycles. The fourth-order valence-corrected chi connectivity index (χ4v) is 4.58. The highest BCUT2D eigenvalue weighted by molar-refractivity contribution is 7.91. The lowest BCUT2D eigenvalue weighted by Crippen LogP contribution is -2.41. The lowest BCUT2D eigenvalue weighted by atomic mass is 9.91. The van der Waals surface area contributed by atoms with Crippen LogP contribution in [0.25, 0.3) is 0 Å². The van der Waals surface area contributed by atoms with E-state index in [1.807, 2.05) is 24.3 Å². The number of carbonyl (C=O) groups is 2. The molecule has 1 aliphatic rings. The van der Waals surface area contributed by atoms with Crippen molar-refractivity contribution in [3.8, 4) is 0 Å². The van der Waals surface area contributed by atoms with Crippen molar-refractivity contribution in [2.45, 2.75) is 37.1 Å². The number of nitrogens with zero attached hydrogens (tertiary/aromatic N) is 1. The lowest BCUT2D eigenvalue weighted by molar-refractivity contribution is -0.130. The number of hydrogen-bond donors (Lipinski definition) is 1. The summed E-state index contributed by atoms with van der Waals surface area (Å²) in [4.78, 5) is 26.5. The molecule has 1 atom stereocenters. The van der Waals surface area contributed by atoms with Crippen LogP contribution in [0.4, 0.5) is 4.79 Å². The minimum atomic E-state index is -3.58. The Bertz CT molecular complexity index is 971. The quantitative estimate of drug-likeness (QED) is 0.725. The smallest absolute Gasteiger partial charge is 0.319 e. The van der Waals surface area contributed by atoms with Crippen LogP contribution in [0.5, 0.6) is 0 Å². The summed E-state index contributed by atoms with van der Waals surface area (Å²) in [6, 6.07) is 15.0. The second-order valence-corrected chi connectivity index (χ2v) is 9.20. The average molecular weight is 401 g/mol. The zero-order chi connectivity index (χ0) is 20.4. The van der Waals surface area contributed by atoms with Crippen LogP contribution < -0.4 is 5.32 Å². The van der Waals surface area contributed by atoms with Crippen LogP contribution in [-0.4, -0.2) is 37.6 Å². The Morgan fingerprint density at radius 3 is 2.25 bits per heavy atom. The molecule has 1 unspecified atom stereocenters. The summed E-state index contributed by atoms with van der Waals surface area (Å²) < 4.78 is 24.9. The van der Waals surface area contributed by atoms with Gasteiger partial charge in [-0.2, -0.15) is 0 Å². The van der Waals surface area contributed by atoms with Crippen LogP contribution in [0.2, 0.25) is 0 Å². The predicted octanol–water partition coefficient (Wildman–Crippen LogP) is 2.88. The minimum Gasteiger partial charge on any atom is -0.319 e. The van der Waals surface area contributed by atoms with E-state index in [2.05, 4.69) is 12.2 Å². The van der Waals surface area contributed by atoms with E-state index in [0.29, 0.717) is 5.56 Å². The summed E-state index contributed by atoms with van der Waals surface area (Å²) in [7, 11) is -3.58. The number of benzene rings is 2. The molecule has 1 saturated heterocycles. The third-order valence-corrected chi connectivity index (χ3v) is 6.74. The van der Waals surface area contributed by atoms with Crippen LogP contribution >= 0.6 is 0 Å². The summed E-state index contributed by atoms with van der Waals surface area (Å²) in [5.74, 6) is -0.759. The standard InChI is InChI=1S/C21H24N2O4S/c1-3-7-16-10-12-17(13-11-16)21(2)19(24)23(20(25)22-21)14-15-28(26,27)18-8-5-4-6-9-18/h4-6,8-13H,3,7,14-15H2,1-2H3,(H,22,25). The second kappa shape index (κ2) is 7.75. The van der Waals surface area contributed by atoms with Gasteiger partial charge in [0.1, 0.15) is 5.54 Å². The number of sulfone groups is 1. The van der Waals surface area contributed by atoms with E-state index < -0.39 is 27.3 Å². The molecular weight excluding hydrogens is 376 g/mol. The Labute approximate surface area is 165 Å². The molecule has 0 saturated carbocycles. The van der Waals surface area contributed by atoms with Gasteiger partial charge in [-0.05, 0) is 36.6 Å². The molecular formula is C21H24N2O4S. The van der Waals surface area contributed by atoms with Crippen LogP contribution in [0.1, 0.15) is 31.4 Å². The highest BCUT2D eigenvalue weighted by atomic mass is 32.2. The Morgan fingerprint density at radius 1 is 1.00 bits per heavy atom. The summed E-state index contributed by atoms with van der Waals surface area (Å²) in [5.41, 5.74) is 0.648. The normalized spacial score (nSPS) is 19.7. The maximum Gasteiger partial charge on any atom is 0.325 e. The van der Waals surface area contributed by atoms with Gasteiger partial charge in [0.05, 0.1) is 10.6 Å². The second-order valence-electron chi connectivity index (χ2n) is 7.09. The van der Waals surface area contributed by atoms with E-state index in [1.54, 1.807) is 25.1 Å². The number of aryl methyl sites for hydroxylation is 1. The highest BCUT2D eigenvalue weighted by Gasteiger charge is 2.49. The van der Waals surface area contributed by atoms with Gasteiger partial charge in [-0.25, -0.2) is 13.2 Å². The first-order valence-corrected chi connectivity index (χ1v) is 10.9. The topological polar surface area (TPSA) is 83.6 Å². The maximum absolute atomic E-state index is 12.9. The van der Waals surface area contributed by atoms with E-state index in [4.69, 9.17) is 0 Å². The van der Waals surface area contributed by atoms with Crippen molar-refractivity contribution >= 4 is 21.8 Å². The molecule has 28 heavy (non-hydrogen) atoms. The fourth-order valence-electron chi connectivity index (χ4n) is 3.35. The van der Waals surface area contributed by atoms with E-state index in [0.717, 1.165) is 23.3 Å². The summed E-state index contributed by atoms with van der Waals surface area (Å²) >= 11 is 0. The molecule has 0 aliphatic carbocycles. The molecule has 6 nitrogen and oxygen atoms in total. The van der Waals surface area contributed by atoms with Crippen molar-refractivity contribution in [1.82, 2.24) is 10.2 Å². The van der Waals surface area contributed by atoms with Gasteiger partial charge in [-0.15, -0.1) is 0 Å². The largest absolute Gasteiger partial charge is 0.325 e. The van der Waals surface area contributed by atoms with Crippen LogP contribution in [-0.2, 0) is 26.6 Å². The van der Waals surface area contributed by atoms with E-state index in [9.17, 15) is 18.0 Å². The summed E-state index contributed by atoms with van der Waals surface area (Å²) in [5, 5.41) is 2.72. The Kier molecular flexibility index (Phi) is 5.56. The van der Waals surface area contributed by atoms with Crippen molar-refractivity contribution in [3.63, 3.8) is 0 Å². The number of urea groups is 1. The third-order valence-electron chi connectivity index (χ3n) is 5.03. The average Bonchev–Trinajstić information content (AvgIpc) is 2.91. The molecule has 1 aliphatic heterocycles. The lowest BCUT2D eigenvalue weighted by Gasteiger charge is -2.22. The van der Waals surface area contributed by atoms with Crippen molar-refractivity contribution in [2.24, 2.45) is 0 Å². The zero-order valence-electron chi connectivity index (χ0n) is 16.0. The Balaban J connectivity index is 1.76. The van der Waals surface area contributed by atoms with Gasteiger partial charge in [-0.1, -0.05) is 55.8 Å². The molecule has 0 bridgehead atoms. The van der Waals surface area contributed by atoms with Crippen LogP contribution in [0.3, 0.4) is 0 Å². The van der Waals surface area contributed by atoms with Gasteiger partial charge in [0.2, 0.25) is 0 Å². The van der Waals surface area contributed by atoms with Gasteiger partial charge >= 0.3 is 6.03 Å². The SMILES string of the molecule is CCCc1ccc(C2(C)NC(=O)N(CCS(=O)(=O)c3ccccc3)C2=O)cc1. The molecule has 3 amide bonds. The molecule has 1 fully saturated rings. The first-order chi connectivity index (χ1) is 13.3. The van der Waals surface area contributed by atoms with Gasteiger partial charge in [0.25, 0.3) is 5.91 Å². The molecule has 1 N–H and O–H groups in total. The molecule has 148 valence electrons. The Hall–Kier alpha value is -2.67. The van der Waals surface area contributed by atoms with Gasteiger partial charge in [0, 0.05) is 6.54 Å². The number of rotatable bonds is 7. The summed E-state index contributed by atoms with van der Waals surface area (Å²) in [6.45, 7) is 3.55. The van der Waals surface area contributed by atoms with Crippen LogP contribution in [0.15, 0.2) is 59.5 Å². The highest BCUT2D eigenvalue weighted by Crippen LogP contribution is 2.29. The van der Waals surface area contributed by atoms with Gasteiger partial charge < -0.3 is 5.32 Å². The first kappa shape index (κ1) is 20.1. The molecule has 3 rings (SSSR count). The van der Waals surface area contributed by atoms with Crippen molar-refractivity contribution in [2.75, 3.05) is 12.3 Å². The minimum absolute atomic E-state index is 0.177. The van der Waals surface area contributed by atoms with Crippen molar-refractivity contribution in [3.05, 3.63) is 65.7 Å². The van der Waals surface area contributed by atoms with E-state index in [-0.39, 0.29) is 17.2 Å². The number of hydrogen-bond acceptors (Lipinski definition) is 4. The maximum atomic E-state index is 12.9. The summed E-state index contributed by atoms with van der Waals surface area (Å²) in [6.07, 6.45) is 1.97. The number of nitrogens with one attached hydrogen (secondary N) is 1. The van der Waals surface area contributed by atoms with Crippen molar-refractivity contribution in [1.29, 1.82) is 0 Å². The Morgan fingerprint density at radius 2 is 1.64 bits per heavy atom. The molecule has 0 aromatic heterocycles. The van der Waals surface area contributed by atoms with Crippen molar-refractivity contribution < 1.29 is 18.0 Å². The van der Waals surface area contributed by atoms with E-state index >= 15 is 0 Å². The van der Waals surface area contributed by atoms with Crippen LogP contribution in [0, 0.1) is 0 Å². The molecule has 0 radical (unpaired) electrons. The van der Waals surface area contributed by atoms with Gasteiger partial charge in [0.15, 0.2) is 9.84 Å². The van der Waals surface area contributed by atoms with Gasteiger partial charge in [-0.3, -0.25) is 9.69 Å². The monoisotopic (exact) mass is 400 g/mol. The number of amides is 3. The predicted molar refractivity (Wildman–Crippen MR) is 107 cm³/mol. The molecule has 1 heterocycles. The molecule has 0 spiro atoms.